The lowest BCUT2D eigenvalue weighted by atomic mass is 10.0. The van der Waals surface area contributed by atoms with Gasteiger partial charge in [-0.1, -0.05) is 117 Å². The number of carbonyl (C=O) groups is 3. The molecule has 0 aromatic rings. The van der Waals surface area contributed by atoms with Gasteiger partial charge < -0.3 is 14.4 Å². The van der Waals surface area contributed by atoms with Crippen molar-refractivity contribution in [3.05, 3.63) is 0 Å². The van der Waals surface area contributed by atoms with E-state index >= 15 is 0 Å². The summed E-state index contributed by atoms with van der Waals surface area (Å²) in [5.41, 5.74) is 0. The molecule has 0 aliphatic carbocycles. The highest BCUT2D eigenvalue weighted by Gasteiger charge is 2.35. The molecule has 0 radical (unpaired) electrons. The van der Waals surface area contributed by atoms with E-state index in [0.717, 1.165) is 140 Å². The predicted octanol–water partition coefficient (Wildman–Crippen LogP) is 10.6. The smallest absolute Gasteiger partial charge is 0.427 e. The van der Waals surface area contributed by atoms with Gasteiger partial charge in [0.2, 0.25) is 0 Å². The van der Waals surface area contributed by atoms with Crippen LogP contribution >= 0.6 is 11.8 Å². The third-order valence-electron chi connectivity index (χ3n) is 7.37. The van der Waals surface area contributed by atoms with Crippen LogP contribution in [0.3, 0.4) is 0 Å². The Labute approximate surface area is 257 Å². The molecule has 0 spiro atoms. The van der Waals surface area contributed by atoms with E-state index in [-0.39, 0.29) is 12.2 Å². The third kappa shape index (κ3) is 22.0. The minimum Gasteiger partial charge on any atom is -0.445 e. The van der Waals surface area contributed by atoms with Crippen LogP contribution < -0.4 is 0 Å². The van der Waals surface area contributed by atoms with Crippen LogP contribution in [-0.2, 0) is 9.47 Å². The van der Waals surface area contributed by atoms with Gasteiger partial charge in [0.15, 0.2) is 0 Å². The molecular weight excluding hydrogens is 536 g/mol. The summed E-state index contributed by atoms with van der Waals surface area (Å²) in [4.78, 5) is 42.7. The van der Waals surface area contributed by atoms with Gasteiger partial charge in [0.1, 0.15) is 12.2 Å². The predicted molar refractivity (Wildman–Crippen MR) is 174 cm³/mol. The SMILES string of the molecule is CCCCCCC(CCCCCC)OC(=O)N(C(=O)OC(CCCCCC)CCCCCC)C(=O)SCCN(C)C. The van der Waals surface area contributed by atoms with Crippen molar-refractivity contribution in [3.8, 4) is 0 Å². The second kappa shape index (κ2) is 27.5. The van der Waals surface area contributed by atoms with Crippen LogP contribution in [0.15, 0.2) is 0 Å². The molecule has 3 amide bonds. The fourth-order valence-electron chi connectivity index (χ4n) is 4.71. The van der Waals surface area contributed by atoms with Crippen LogP contribution in [0.1, 0.15) is 156 Å². The molecule has 0 N–H and O–H groups in total. The maximum absolute atomic E-state index is 13.4. The van der Waals surface area contributed by atoms with Crippen molar-refractivity contribution in [3.63, 3.8) is 0 Å². The second-order valence-corrected chi connectivity index (χ2v) is 12.7. The van der Waals surface area contributed by atoms with Crippen LogP contribution in [0, 0.1) is 0 Å². The zero-order valence-electron chi connectivity index (χ0n) is 27.6. The van der Waals surface area contributed by atoms with Gasteiger partial charge in [-0.2, -0.15) is 0 Å². The highest BCUT2D eigenvalue weighted by atomic mass is 32.2. The number of rotatable bonds is 25. The molecule has 0 aliphatic rings. The fraction of sp³-hybridized carbons (Fsp3) is 0.909. The number of imide groups is 3. The lowest BCUT2D eigenvalue weighted by Gasteiger charge is -2.25. The lowest BCUT2D eigenvalue weighted by molar-refractivity contribution is 0.0394. The monoisotopic (exact) mass is 600 g/mol. The molecule has 7 nitrogen and oxygen atoms in total. The van der Waals surface area contributed by atoms with Gasteiger partial charge in [-0.25, -0.2) is 9.59 Å². The average molecular weight is 601 g/mol. The zero-order chi connectivity index (χ0) is 30.7. The lowest BCUT2D eigenvalue weighted by Crippen LogP contribution is -2.43. The third-order valence-corrected chi connectivity index (χ3v) is 8.18. The number of carbonyl (C=O) groups excluding carboxylic acids is 3. The van der Waals surface area contributed by atoms with Gasteiger partial charge in [-0.3, -0.25) is 4.79 Å². The van der Waals surface area contributed by atoms with Gasteiger partial charge in [-0.05, 0) is 65.5 Å². The molecule has 0 saturated heterocycles. The maximum atomic E-state index is 13.4. The summed E-state index contributed by atoms with van der Waals surface area (Å²) in [6.07, 6.45) is 18.0. The Morgan fingerprint density at radius 3 is 1.20 bits per heavy atom. The van der Waals surface area contributed by atoms with Gasteiger partial charge in [0, 0.05) is 12.3 Å². The van der Waals surface area contributed by atoms with E-state index in [9.17, 15) is 14.4 Å². The van der Waals surface area contributed by atoms with E-state index in [1.165, 1.54) is 0 Å². The van der Waals surface area contributed by atoms with E-state index in [1.807, 2.05) is 19.0 Å². The first-order valence-corrected chi connectivity index (χ1v) is 17.8. The summed E-state index contributed by atoms with van der Waals surface area (Å²) >= 11 is 0.965. The summed E-state index contributed by atoms with van der Waals surface area (Å²) < 4.78 is 11.8. The molecule has 0 fully saturated rings. The standard InChI is InChI=1S/C33H64N2O5S/c1-7-11-15-19-23-29(24-20-16-12-8-2)39-31(36)35(33(38)41-28-27-34(5)6)32(37)40-30(25-21-17-13-9-3)26-22-18-14-10-4/h29-30H,7-28H2,1-6H3. The normalized spacial score (nSPS) is 11.4. The van der Waals surface area contributed by atoms with Crippen LogP contribution in [0.25, 0.3) is 0 Å². The van der Waals surface area contributed by atoms with E-state index in [0.29, 0.717) is 17.2 Å². The molecule has 8 heteroatoms. The van der Waals surface area contributed by atoms with Crippen molar-refractivity contribution in [1.82, 2.24) is 9.80 Å². The van der Waals surface area contributed by atoms with Gasteiger partial charge >= 0.3 is 17.4 Å². The molecule has 0 bridgehead atoms. The van der Waals surface area contributed by atoms with Crippen LogP contribution in [-0.4, -0.2) is 65.8 Å². The number of unbranched alkanes of at least 4 members (excludes halogenated alkanes) is 12. The summed E-state index contributed by atoms with van der Waals surface area (Å²) in [5, 5.41) is -0.617. The summed E-state index contributed by atoms with van der Waals surface area (Å²) in [6.45, 7) is 9.35. The van der Waals surface area contributed by atoms with Gasteiger partial charge in [0.05, 0.1) is 0 Å². The van der Waals surface area contributed by atoms with Crippen LogP contribution in [0.5, 0.6) is 0 Å². The summed E-state index contributed by atoms with van der Waals surface area (Å²) in [7, 11) is 3.85. The Morgan fingerprint density at radius 1 is 0.561 bits per heavy atom. The number of nitrogens with zero attached hydrogens (tertiary/aromatic N) is 2. The highest BCUT2D eigenvalue weighted by Crippen LogP contribution is 2.22. The first-order chi connectivity index (χ1) is 19.8. The molecule has 0 atom stereocenters. The molecule has 0 rings (SSSR count). The Balaban J connectivity index is 5.61. The van der Waals surface area contributed by atoms with Crippen LogP contribution in [0.4, 0.5) is 14.4 Å². The average Bonchev–Trinajstić information content (AvgIpc) is 2.93. The summed E-state index contributed by atoms with van der Waals surface area (Å²) in [5.74, 6) is 0.470. The van der Waals surface area contributed by atoms with E-state index in [2.05, 4.69) is 27.7 Å². The Bertz CT molecular complexity index is 596. The van der Waals surface area contributed by atoms with Crippen molar-refractivity contribution in [2.24, 2.45) is 0 Å². The minimum absolute atomic E-state index is 0.301. The molecule has 41 heavy (non-hydrogen) atoms. The van der Waals surface area contributed by atoms with Crippen molar-refractivity contribution < 1.29 is 23.9 Å². The molecule has 242 valence electrons. The van der Waals surface area contributed by atoms with Gasteiger partial charge in [-0.15, -0.1) is 4.90 Å². The van der Waals surface area contributed by atoms with Crippen LogP contribution in [0.2, 0.25) is 0 Å². The molecule has 0 unspecified atom stereocenters. The minimum atomic E-state index is -0.885. The molecule has 0 aromatic heterocycles. The number of hydrogen-bond donors (Lipinski definition) is 0. The van der Waals surface area contributed by atoms with Crippen molar-refractivity contribution in [2.75, 3.05) is 26.4 Å². The number of ether oxygens (including phenoxy) is 2. The Morgan fingerprint density at radius 2 is 0.902 bits per heavy atom. The number of hydrogen-bond acceptors (Lipinski definition) is 7. The van der Waals surface area contributed by atoms with Crippen molar-refractivity contribution in [2.45, 2.75) is 168 Å². The molecule has 0 heterocycles. The summed E-state index contributed by atoms with van der Waals surface area (Å²) in [6, 6.07) is 0. The van der Waals surface area contributed by atoms with Gasteiger partial charge in [0.25, 0.3) is 0 Å². The topological polar surface area (TPSA) is 76.1 Å². The number of amides is 3. The second-order valence-electron chi connectivity index (χ2n) is 11.7. The van der Waals surface area contributed by atoms with E-state index < -0.39 is 17.4 Å². The Kier molecular flexibility index (Phi) is 26.7. The first-order valence-electron chi connectivity index (χ1n) is 16.8. The largest absolute Gasteiger partial charge is 0.445 e. The van der Waals surface area contributed by atoms with Crippen molar-refractivity contribution in [1.29, 1.82) is 0 Å². The maximum Gasteiger partial charge on any atom is 0.427 e. The fourth-order valence-corrected chi connectivity index (χ4v) is 5.62. The van der Waals surface area contributed by atoms with E-state index in [4.69, 9.17) is 9.47 Å². The number of thioether (sulfide) groups is 1. The highest BCUT2D eigenvalue weighted by molar-refractivity contribution is 8.13. The molecule has 0 aromatic carbocycles. The molecule has 0 saturated carbocycles. The first kappa shape index (κ1) is 39.7. The molecule has 0 aliphatic heterocycles. The van der Waals surface area contributed by atoms with Crippen molar-refractivity contribution >= 4 is 29.2 Å². The molecular formula is C33H64N2O5S. The Hall–Kier alpha value is -1.28. The zero-order valence-corrected chi connectivity index (χ0v) is 28.4. The quantitative estimate of drug-likeness (QED) is 0.0965. The van der Waals surface area contributed by atoms with E-state index in [1.54, 1.807) is 0 Å².